The van der Waals surface area contributed by atoms with Gasteiger partial charge in [0.25, 0.3) is 0 Å². The van der Waals surface area contributed by atoms with Crippen molar-refractivity contribution in [3.05, 3.63) is 48.1 Å². The molecule has 24 heavy (non-hydrogen) atoms. The molecule has 1 unspecified atom stereocenters. The molecule has 4 rings (SSSR count). The summed E-state index contributed by atoms with van der Waals surface area (Å²) >= 11 is 0. The van der Waals surface area contributed by atoms with Crippen LogP contribution in [0.5, 0.6) is 11.5 Å². The molecule has 1 aliphatic carbocycles. The minimum absolute atomic E-state index is 0.00275. The molecule has 1 aliphatic rings. The molecule has 2 aromatic carbocycles. The minimum atomic E-state index is -0.619. The molecule has 0 amide bonds. The molecule has 0 fully saturated rings. The molecule has 5 heteroatoms. The topological polar surface area (TPSA) is 31.6 Å². The Balaban J connectivity index is 1.84. The fraction of sp³-hybridized carbons (Fsp3) is 0.263. The van der Waals surface area contributed by atoms with Crippen molar-refractivity contribution in [2.45, 2.75) is 25.9 Å². The number of halogens is 2. The average Bonchev–Trinajstić information content (AvgIpc) is 3.21. The molecular formula is C19H16F2O3. The zero-order valence-electron chi connectivity index (χ0n) is 13.1. The Kier molecular flexibility index (Phi) is 3.63. The van der Waals surface area contributed by atoms with Gasteiger partial charge in [0.1, 0.15) is 6.10 Å². The van der Waals surface area contributed by atoms with Crippen LogP contribution >= 0.6 is 0 Å². The first kappa shape index (κ1) is 15.0. The maximum absolute atomic E-state index is 14.7. The highest BCUT2D eigenvalue weighted by Crippen LogP contribution is 2.38. The third kappa shape index (κ3) is 2.31. The molecule has 1 heterocycles. The zero-order valence-corrected chi connectivity index (χ0v) is 13.1. The number of allylic oxidation sites excluding steroid dienone is 1. The standard InChI is InChI=1S/C19H16F2O3/c1-2-22-14-9-7-12-13-8-10-15(23-11-5-3-4-6-11)17(21)19(13)24-18(12)16(14)20/h3,5,7-11H,2,4,6H2,1H3. The van der Waals surface area contributed by atoms with E-state index in [1.807, 2.05) is 12.2 Å². The lowest BCUT2D eigenvalue weighted by atomic mass is 10.1. The summed E-state index contributed by atoms with van der Waals surface area (Å²) in [5, 5.41) is 1.02. The Morgan fingerprint density at radius 1 is 1.04 bits per heavy atom. The van der Waals surface area contributed by atoms with Crippen LogP contribution in [0.25, 0.3) is 21.9 Å². The van der Waals surface area contributed by atoms with Gasteiger partial charge in [-0.2, -0.15) is 8.78 Å². The van der Waals surface area contributed by atoms with Gasteiger partial charge in [0.15, 0.2) is 22.7 Å². The third-order valence-corrected chi connectivity index (χ3v) is 4.16. The van der Waals surface area contributed by atoms with Crippen LogP contribution in [0.15, 0.2) is 40.8 Å². The lowest BCUT2D eigenvalue weighted by Gasteiger charge is -2.12. The average molecular weight is 330 g/mol. The van der Waals surface area contributed by atoms with E-state index in [-0.39, 0.29) is 28.8 Å². The summed E-state index contributed by atoms with van der Waals surface area (Å²) in [7, 11) is 0. The molecule has 1 atom stereocenters. The minimum Gasteiger partial charge on any atom is -0.491 e. The second-order valence-corrected chi connectivity index (χ2v) is 5.71. The van der Waals surface area contributed by atoms with Crippen molar-refractivity contribution in [3.63, 3.8) is 0 Å². The van der Waals surface area contributed by atoms with Gasteiger partial charge in [-0.1, -0.05) is 6.08 Å². The Bertz CT molecular complexity index is 943. The molecule has 0 aliphatic heterocycles. The molecular weight excluding hydrogens is 314 g/mol. The number of rotatable bonds is 4. The zero-order chi connectivity index (χ0) is 16.7. The van der Waals surface area contributed by atoms with Crippen LogP contribution in [-0.4, -0.2) is 12.7 Å². The van der Waals surface area contributed by atoms with Crippen molar-refractivity contribution in [3.8, 4) is 11.5 Å². The predicted octanol–water partition coefficient (Wildman–Crippen LogP) is 5.36. The lowest BCUT2D eigenvalue weighted by molar-refractivity contribution is 0.237. The van der Waals surface area contributed by atoms with E-state index in [0.717, 1.165) is 12.8 Å². The van der Waals surface area contributed by atoms with Crippen molar-refractivity contribution in [2.75, 3.05) is 6.61 Å². The van der Waals surface area contributed by atoms with Crippen LogP contribution < -0.4 is 9.47 Å². The van der Waals surface area contributed by atoms with Gasteiger partial charge in [-0.05, 0) is 50.1 Å². The van der Waals surface area contributed by atoms with Gasteiger partial charge >= 0.3 is 0 Å². The van der Waals surface area contributed by atoms with Gasteiger partial charge in [0.2, 0.25) is 11.6 Å². The highest BCUT2D eigenvalue weighted by Gasteiger charge is 2.21. The maximum Gasteiger partial charge on any atom is 0.208 e. The summed E-state index contributed by atoms with van der Waals surface area (Å²) in [4.78, 5) is 0. The molecule has 0 spiro atoms. The molecule has 0 radical (unpaired) electrons. The van der Waals surface area contributed by atoms with E-state index in [1.54, 1.807) is 25.1 Å². The van der Waals surface area contributed by atoms with Crippen molar-refractivity contribution >= 4 is 21.9 Å². The first-order valence-corrected chi connectivity index (χ1v) is 7.98. The normalized spacial score (nSPS) is 17.0. The predicted molar refractivity (Wildman–Crippen MR) is 87.6 cm³/mol. The Morgan fingerprint density at radius 2 is 1.71 bits per heavy atom. The number of fused-ring (bicyclic) bond motifs is 3. The van der Waals surface area contributed by atoms with E-state index < -0.39 is 11.6 Å². The van der Waals surface area contributed by atoms with Crippen molar-refractivity contribution in [1.82, 2.24) is 0 Å². The molecule has 0 bridgehead atoms. The number of hydrogen-bond donors (Lipinski definition) is 0. The summed E-state index contributed by atoms with van der Waals surface area (Å²) in [6, 6.07) is 6.46. The van der Waals surface area contributed by atoms with Crippen LogP contribution in [0.3, 0.4) is 0 Å². The SMILES string of the molecule is CCOc1ccc2c(oc3c(F)c(OC4C=CCC4)ccc32)c1F. The largest absolute Gasteiger partial charge is 0.491 e. The van der Waals surface area contributed by atoms with Crippen LogP contribution in [0.4, 0.5) is 8.78 Å². The van der Waals surface area contributed by atoms with Crippen LogP contribution in [0.1, 0.15) is 19.8 Å². The lowest BCUT2D eigenvalue weighted by Crippen LogP contribution is -2.10. The number of benzene rings is 2. The third-order valence-electron chi connectivity index (χ3n) is 4.16. The van der Waals surface area contributed by atoms with E-state index in [4.69, 9.17) is 13.9 Å². The monoisotopic (exact) mass is 330 g/mol. The quantitative estimate of drug-likeness (QED) is 0.604. The molecule has 124 valence electrons. The second-order valence-electron chi connectivity index (χ2n) is 5.71. The summed E-state index contributed by atoms with van der Waals surface area (Å²) in [5.74, 6) is -1.02. The number of furan rings is 1. The van der Waals surface area contributed by atoms with Crippen molar-refractivity contribution < 1.29 is 22.7 Å². The van der Waals surface area contributed by atoms with Crippen LogP contribution in [-0.2, 0) is 0 Å². The van der Waals surface area contributed by atoms with Crippen molar-refractivity contribution in [2.24, 2.45) is 0 Å². The molecule has 0 saturated carbocycles. The van der Waals surface area contributed by atoms with E-state index in [0.29, 0.717) is 17.4 Å². The van der Waals surface area contributed by atoms with Gasteiger partial charge in [-0.15, -0.1) is 0 Å². The van der Waals surface area contributed by atoms with Crippen molar-refractivity contribution in [1.29, 1.82) is 0 Å². The van der Waals surface area contributed by atoms with Gasteiger partial charge in [0.05, 0.1) is 6.61 Å². The fourth-order valence-corrected chi connectivity index (χ4v) is 3.03. The first-order chi connectivity index (χ1) is 11.7. The Morgan fingerprint density at radius 3 is 2.33 bits per heavy atom. The summed E-state index contributed by atoms with van der Waals surface area (Å²) in [6.45, 7) is 2.10. The highest BCUT2D eigenvalue weighted by atomic mass is 19.1. The van der Waals surface area contributed by atoms with Gasteiger partial charge in [0, 0.05) is 10.8 Å². The van der Waals surface area contributed by atoms with Gasteiger partial charge < -0.3 is 13.9 Å². The summed E-state index contributed by atoms with van der Waals surface area (Å²) in [6.07, 6.45) is 5.53. The van der Waals surface area contributed by atoms with E-state index in [9.17, 15) is 8.78 Å². The second kappa shape index (κ2) is 5.82. The molecule has 1 aromatic heterocycles. The number of hydrogen-bond acceptors (Lipinski definition) is 3. The Labute approximate surface area is 137 Å². The van der Waals surface area contributed by atoms with E-state index in [2.05, 4.69) is 0 Å². The maximum atomic E-state index is 14.7. The van der Waals surface area contributed by atoms with Crippen LogP contribution in [0, 0.1) is 11.6 Å². The van der Waals surface area contributed by atoms with E-state index >= 15 is 0 Å². The summed E-state index contributed by atoms with van der Waals surface area (Å²) in [5.41, 5.74) is -0.00946. The molecule has 3 aromatic rings. The van der Waals surface area contributed by atoms with Crippen LogP contribution in [0.2, 0.25) is 0 Å². The molecule has 0 N–H and O–H groups in total. The summed E-state index contributed by atoms with van der Waals surface area (Å²) < 4.78 is 45.6. The fourth-order valence-electron chi connectivity index (χ4n) is 3.03. The van der Waals surface area contributed by atoms with E-state index in [1.165, 1.54) is 6.07 Å². The van der Waals surface area contributed by atoms with Gasteiger partial charge in [-0.3, -0.25) is 0 Å². The van der Waals surface area contributed by atoms with Gasteiger partial charge in [-0.25, -0.2) is 0 Å². The smallest absolute Gasteiger partial charge is 0.208 e. The Hall–Kier alpha value is -2.56. The molecule has 0 saturated heterocycles. The molecule has 3 nitrogen and oxygen atoms in total. The highest BCUT2D eigenvalue weighted by molar-refractivity contribution is 6.06. The first-order valence-electron chi connectivity index (χ1n) is 7.98. The number of ether oxygens (including phenoxy) is 2.